The molecule has 0 aliphatic heterocycles. The van der Waals surface area contributed by atoms with Crippen LogP contribution in [-0.2, 0) is 0 Å². The lowest BCUT2D eigenvalue weighted by Gasteiger charge is -2.18. The molecule has 41 heavy (non-hydrogen) atoms. The van der Waals surface area contributed by atoms with Gasteiger partial charge in [0.15, 0.2) is 0 Å². The van der Waals surface area contributed by atoms with Gasteiger partial charge in [-0.3, -0.25) is 0 Å². The lowest BCUT2D eigenvalue weighted by Crippen LogP contribution is -2.01. The van der Waals surface area contributed by atoms with E-state index >= 15 is 0 Å². The van der Waals surface area contributed by atoms with Crippen molar-refractivity contribution in [3.05, 3.63) is 144 Å². The zero-order valence-corrected chi connectivity index (χ0v) is 23.4. The van der Waals surface area contributed by atoms with E-state index in [9.17, 15) is 0 Å². The zero-order chi connectivity index (χ0) is 28.2. The van der Waals surface area contributed by atoms with Gasteiger partial charge in [-0.2, -0.15) is 5.10 Å². The summed E-state index contributed by atoms with van der Waals surface area (Å²) in [7, 11) is 0. The van der Waals surface area contributed by atoms with E-state index < -0.39 is 0 Å². The van der Waals surface area contributed by atoms with Gasteiger partial charge in [0.05, 0.1) is 23.3 Å². The van der Waals surface area contributed by atoms with Crippen LogP contribution in [0, 0.1) is 20.8 Å². The second-order valence-electron chi connectivity index (χ2n) is 10.2. The fourth-order valence-electron chi connectivity index (χ4n) is 5.08. The summed E-state index contributed by atoms with van der Waals surface area (Å²) >= 11 is 0. The largest absolute Gasteiger partial charge is 0.457 e. The average Bonchev–Trinajstić information content (AvgIpc) is 3.47. The van der Waals surface area contributed by atoms with Crippen LogP contribution in [0.15, 0.2) is 128 Å². The van der Waals surface area contributed by atoms with E-state index in [0.29, 0.717) is 0 Å². The number of hydrogen-bond acceptors (Lipinski definition) is 4. The summed E-state index contributed by atoms with van der Waals surface area (Å²) < 4.78 is 8.15. The van der Waals surface area contributed by atoms with Crippen LogP contribution in [0.1, 0.15) is 16.7 Å². The number of ether oxygens (including phenoxy) is 1. The highest BCUT2D eigenvalue weighted by molar-refractivity contribution is 5.80. The van der Waals surface area contributed by atoms with Gasteiger partial charge in [0, 0.05) is 35.3 Å². The van der Waals surface area contributed by atoms with Crippen LogP contribution < -0.4 is 15.4 Å². The van der Waals surface area contributed by atoms with E-state index in [1.54, 1.807) is 0 Å². The SMILES string of the molecule is Cc1cc(C)c(Nc2ccccc2Nc2cccc(Oc3cccc(-n4cc(-c5ccccc5)cn4)c3)c2)c(C)c1. The molecule has 1 heterocycles. The standard InChI is InChI=1S/C36H32N4O/c1-25-19-26(2)36(27(3)20-25)39-35-18-8-7-17-34(35)38-30-13-9-15-32(21-30)41-33-16-10-14-31(22-33)40-24-29(23-37-40)28-11-5-4-6-12-28/h4-24,38-39H,1-3H3. The Hall–Kier alpha value is -5.29. The molecule has 0 unspecified atom stereocenters. The highest BCUT2D eigenvalue weighted by Gasteiger charge is 2.09. The second-order valence-corrected chi connectivity index (χ2v) is 10.2. The minimum atomic E-state index is 0.740. The highest BCUT2D eigenvalue weighted by atomic mass is 16.5. The number of aromatic nitrogens is 2. The maximum atomic E-state index is 6.28. The Morgan fingerprint density at radius 3 is 2.02 bits per heavy atom. The molecule has 0 bridgehead atoms. The van der Waals surface area contributed by atoms with Gasteiger partial charge in [0.1, 0.15) is 11.5 Å². The van der Waals surface area contributed by atoms with Crippen LogP contribution in [0.5, 0.6) is 11.5 Å². The third-order valence-corrected chi connectivity index (χ3v) is 6.98. The minimum Gasteiger partial charge on any atom is -0.457 e. The summed E-state index contributed by atoms with van der Waals surface area (Å²) in [6.07, 6.45) is 3.91. The van der Waals surface area contributed by atoms with Gasteiger partial charge < -0.3 is 15.4 Å². The fourth-order valence-corrected chi connectivity index (χ4v) is 5.08. The van der Waals surface area contributed by atoms with E-state index in [1.165, 1.54) is 16.7 Å². The Morgan fingerprint density at radius 2 is 1.27 bits per heavy atom. The van der Waals surface area contributed by atoms with Gasteiger partial charge in [-0.15, -0.1) is 0 Å². The third kappa shape index (κ3) is 5.99. The lowest BCUT2D eigenvalue weighted by molar-refractivity contribution is 0.482. The Kier molecular flexibility index (Phi) is 7.25. The maximum absolute atomic E-state index is 6.28. The van der Waals surface area contributed by atoms with Gasteiger partial charge in [0.25, 0.3) is 0 Å². The molecular formula is C36H32N4O. The first kappa shape index (κ1) is 26.0. The molecule has 0 fully saturated rings. The van der Waals surface area contributed by atoms with E-state index in [0.717, 1.165) is 51.1 Å². The molecule has 0 saturated carbocycles. The van der Waals surface area contributed by atoms with E-state index in [2.05, 4.69) is 72.9 Å². The molecule has 0 aliphatic carbocycles. The van der Waals surface area contributed by atoms with Crippen molar-refractivity contribution in [2.45, 2.75) is 20.8 Å². The number of benzene rings is 5. The van der Waals surface area contributed by atoms with E-state index in [-0.39, 0.29) is 0 Å². The van der Waals surface area contributed by atoms with E-state index in [4.69, 9.17) is 4.74 Å². The van der Waals surface area contributed by atoms with Crippen LogP contribution in [-0.4, -0.2) is 9.78 Å². The van der Waals surface area contributed by atoms with Gasteiger partial charge >= 0.3 is 0 Å². The predicted octanol–water partition coefficient (Wildman–Crippen LogP) is 9.74. The number of rotatable bonds is 8. The van der Waals surface area contributed by atoms with Gasteiger partial charge in [-0.05, 0) is 73.9 Å². The Balaban J connectivity index is 1.19. The van der Waals surface area contributed by atoms with Crippen LogP contribution >= 0.6 is 0 Å². The molecule has 202 valence electrons. The quantitative estimate of drug-likeness (QED) is 0.203. The third-order valence-electron chi connectivity index (χ3n) is 6.98. The summed E-state index contributed by atoms with van der Waals surface area (Å²) in [5, 5.41) is 11.8. The van der Waals surface area contributed by atoms with Crippen LogP contribution in [0.4, 0.5) is 22.7 Å². The smallest absolute Gasteiger partial charge is 0.129 e. The van der Waals surface area contributed by atoms with Crippen molar-refractivity contribution >= 4 is 22.7 Å². The molecule has 0 saturated heterocycles. The maximum Gasteiger partial charge on any atom is 0.129 e. The van der Waals surface area contributed by atoms with Crippen molar-refractivity contribution in [3.63, 3.8) is 0 Å². The van der Waals surface area contributed by atoms with Gasteiger partial charge in [-0.1, -0.05) is 72.3 Å². The number of anilines is 4. The molecule has 5 nitrogen and oxygen atoms in total. The fraction of sp³-hybridized carbons (Fsp3) is 0.0833. The molecule has 5 aromatic carbocycles. The van der Waals surface area contributed by atoms with Crippen molar-refractivity contribution < 1.29 is 4.74 Å². The minimum absolute atomic E-state index is 0.740. The Bertz CT molecular complexity index is 1780. The Labute approximate surface area is 241 Å². The number of aryl methyl sites for hydroxylation is 3. The van der Waals surface area contributed by atoms with Crippen molar-refractivity contribution in [3.8, 4) is 28.3 Å². The van der Waals surface area contributed by atoms with Crippen molar-refractivity contribution in [2.24, 2.45) is 0 Å². The summed E-state index contributed by atoms with van der Waals surface area (Å²) in [5.41, 5.74) is 10.9. The monoisotopic (exact) mass is 536 g/mol. The molecule has 0 atom stereocenters. The first-order valence-electron chi connectivity index (χ1n) is 13.7. The molecular weight excluding hydrogens is 504 g/mol. The van der Waals surface area contributed by atoms with Crippen LogP contribution in [0.25, 0.3) is 16.8 Å². The molecule has 5 heteroatoms. The second kappa shape index (κ2) is 11.4. The zero-order valence-electron chi connectivity index (χ0n) is 23.4. The number of nitrogens with one attached hydrogen (secondary N) is 2. The number of para-hydroxylation sites is 2. The summed E-state index contributed by atoms with van der Waals surface area (Å²) in [6, 6.07) is 38.8. The van der Waals surface area contributed by atoms with Crippen molar-refractivity contribution in [1.29, 1.82) is 0 Å². The molecule has 0 aliphatic rings. The predicted molar refractivity (Wildman–Crippen MR) is 169 cm³/mol. The van der Waals surface area contributed by atoms with Gasteiger partial charge in [-0.25, -0.2) is 4.68 Å². The first-order chi connectivity index (χ1) is 20.0. The molecule has 0 radical (unpaired) electrons. The average molecular weight is 537 g/mol. The summed E-state index contributed by atoms with van der Waals surface area (Å²) in [6.45, 7) is 6.41. The van der Waals surface area contributed by atoms with Crippen molar-refractivity contribution in [1.82, 2.24) is 9.78 Å². The van der Waals surface area contributed by atoms with Crippen molar-refractivity contribution in [2.75, 3.05) is 10.6 Å². The highest BCUT2D eigenvalue weighted by Crippen LogP contribution is 2.33. The molecule has 6 aromatic rings. The normalized spacial score (nSPS) is 10.8. The number of nitrogens with zero attached hydrogens (tertiary/aromatic N) is 2. The Morgan fingerprint density at radius 1 is 0.610 bits per heavy atom. The molecule has 0 amide bonds. The molecule has 1 aromatic heterocycles. The number of hydrogen-bond donors (Lipinski definition) is 2. The van der Waals surface area contributed by atoms with E-state index in [1.807, 2.05) is 95.9 Å². The summed E-state index contributed by atoms with van der Waals surface area (Å²) in [5.74, 6) is 1.48. The van der Waals surface area contributed by atoms with Crippen LogP contribution in [0.2, 0.25) is 0 Å². The topological polar surface area (TPSA) is 51.1 Å². The molecule has 0 spiro atoms. The van der Waals surface area contributed by atoms with Crippen LogP contribution in [0.3, 0.4) is 0 Å². The molecule has 2 N–H and O–H groups in total. The lowest BCUT2D eigenvalue weighted by atomic mass is 10.0. The summed E-state index contributed by atoms with van der Waals surface area (Å²) in [4.78, 5) is 0. The van der Waals surface area contributed by atoms with Gasteiger partial charge in [0.2, 0.25) is 0 Å². The molecule has 6 rings (SSSR count). The first-order valence-corrected chi connectivity index (χ1v) is 13.7.